The van der Waals surface area contributed by atoms with Crippen LogP contribution in [0, 0.1) is 0 Å². The van der Waals surface area contributed by atoms with Gasteiger partial charge in [0.2, 0.25) is 0 Å². The molecule has 2 aromatic rings. The van der Waals surface area contributed by atoms with E-state index in [4.69, 9.17) is 0 Å². The maximum Gasteiger partial charge on any atom is 0.335 e. The zero-order valence-corrected chi connectivity index (χ0v) is 15.7. The summed E-state index contributed by atoms with van der Waals surface area (Å²) in [5, 5.41) is 11.7. The van der Waals surface area contributed by atoms with Crippen LogP contribution in [0.5, 0.6) is 5.75 Å². The number of rotatable bonds is 2. The lowest BCUT2D eigenvalue weighted by molar-refractivity contribution is -0.122. The van der Waals surface area contributed by atoms with E-state index >= 15 is 0 Å². The molecule has 25 heavy (non-hydrogen) atoms. The van der Waals surface area contributed by atoms with Crippen LogP contribution in [0.2, 0.25) is 0 Å². The number of phenolic OH excluding ortho intramolecular Hbond substituents is 1. The van der Waals surface area contributed by atoms with Crippen molar-refractivity contribution in [3.05, 3.63) is 62.5 Å². The van der Waals surface area contributed by atoms with E-state index in [0.29, 0.717) is 20.2 Å². The highest BCUT2D eigenvalue weighted by atomic mass is 79.9. The number of carbonyl (C=O) groups excluding carboxylic acids is 3. The highest BCUT2D eigenvalue weighted by Gasteiger charge is 2.36. The van der Waals surface area contributed by atoms with Gasteiger partial charge in [-0.05, 0) is 57.9 Å². The van der Waals surface area contributed by atoms with Crippen LogP contribution in [0.3, 0.4) is 0 Å². The summed E-state index contributed by atoms with van der Waals surface area (Å²) in [6.07, 6.45) is 1.36. The lowest BCUT2D eigenvalue weighted by Crippen LogP contribution is -2.54. The number of phenols is 1. The second-order valence-electron chi connectivity index (χ2n) is 5.15. The first-order valence-corrected chi connectivity index (χ1v) is 8.61. The Kier molecular flexibility index (Phi) is 4.73. The lowest BCUT2D eigenvalue weighted by Gasteiger charge is -2.26. The van der Waals surface area contributed by atoms with Gasteiger partial charge in [0.05, 0.1) is 10.2 Å². The van der Waals surface area contributed by atoms with Crippen molar-refractivity contribution in [1.82, 2.24) is 5.32 Å². The van der Waals surface area contributed by atoms with Gasteiger partial charge >= 0.3 is 6.03 Å². The smallest absolute Gasteiger partial charge is 0.335 e. The SMILES string of the molecule is O=C1NC(=O)N(c2cccc(Br)c2)C(=O)C1=Cc1ccc(O)c(Br)c1. The Bertz CT molecular complexity index is 940. The summed E-state index contributed by atoms with van der Waals surface area (Å²) in [5.74, 6) is -1.46. The number of nitrogens with one attached hydrogen (secondary N) is 1. The van der Waals surface area contributed by atoms with Crippen LogP contribution in [0.1, 0.15) is 5.56 Å². The van der Waals surface area contributed by atoms with Crippen molar-refractivity contribution in [2.75, 3.05) is 4.90 Å². The number of aromatic hydroxyl groups is 1. The fourth-order valence-electron chi connectivity index (χ4n) is 2.29. The molecule has 126 valence electrons. The monoisotopic (exact) mass is 464 g/mol. The van der Waals surface area contributed by atoms with E-state index in [-0.39, 0.29) is 11.3 Å². The molecule has 2 N–H and O–H groups in total. The topological polar surface area (TPSA) is 86.7 Å². The average Bonchev–Trinajstić information content (AvgIpc) is 2.54. The third kappa shape index (κ3) is 3.49. The predicted octanol–water partition coefficient (Wildman–Crippen LogP) is 3.58. The number of halogens is 2. The molecule has 1 aliphatic rings. The largest absolute Gasteiger partial charge is 0.507 e. The lowest BCUT2D eigenvalue weighted by atomic mass is 10.1. The molecule has 1 saturated heterocycles. The van der Waals surface area contributed by atoms with Crippen LogP contribution in [-0.2, 0) is 9.59 Å². The van der Waals surface area contributed by atoms with Crippen LogP contribution in [0.25, 0.3) is 6.08 Å². The molecule has 0 bridgehead atoms. The van der Waals surface area contributed by atoms with E-state index in [9.17, 15) is 19.5 Å². The van der Waals surface area contributed by atoms with Gasteiger partial charge in [0, 0.05) is 4.47 Å². The van der Waals surface area contributed by atoms with Crippen LogP contribution < -0.4 is 10.2 Å². The first-order valence-electron chi connectivity index (χ1n) is 7.02. The van der Waals surface area contributed by atoms with Crippen molar-refractivity contribution in [3.63, 3.8) is 0 Å². The number of carbonyl (C=O) groups is 3. The molecule has 6 nitrogen and oxygen atoms in total. The molecule has 4 amide bonds. The van der Waals surface area contributed by atoms with Gasteiger partial charge < -0.3 is 5.11 Å². The molecule has 0 spiro atoms. The predicted molar refractivity (Wildman–Crippen MR) is 99.0 cm³/mol. The molecule has 1 fully saturated rings. The molecule has 2 aromatic carbocycles. The third-order valence-corrected chi connectivity index (χ3v) is 4.58. The maximum absolute atomic E-state index is 12.7. The van der Waals surface area contributed by atoms with Gasteiger partial charge in [0.25, 0.3) is 11.8 Å². The number of hydrogen-bond donors (Lipinski definition) is 2. The van der Waals surface area contributed by atoms with E-state index in [2.05, 4.69) is 37.2 Å². The van der Waals surface area contributed by atoms with Crippen molar-refractivity contribution in [2.24, 2.45) is 0 Å². The molecular formula is C17H10Br2N2O4. The van der Waals surface area contributed by atoms with Gasteiger partial charge in [-0.1, -0.05) is 28.1 Å². The van der Waals surface area contributed by atoms with Crippen molar-refractivity contribution < 1.29 is 19.5 Å². The number of hydrogen-bond acceptors (Lipinski definition) is 4. The number of imide groups is 2. The highest BCUT2D eigenvalue weighted by molar-refractivity contribution is 9.10. The molecule has 0 atom stereocenters. The van der Waals surface area contributed by atoms with E-state index in [0.717, 1.165) is 4.90 Å². The van der Waals surface area contributed by atoms with Gasteiger partial charge in [0.15, 0.2) is 0 Å². The molecule has 0 saturated carbocycles. The number of nitrogens with zero attached hydrogens (tertiary/aromatic N) is 1. The first kappa shape index (κ1) is 17.4. The van der Waals surface area contributed by atoms with Crippen molar-refractivity contribution >= 4 is 61.5 Å². The van der Waals surface area contributed by atoms with Crippen LogP contribution in [-0.4, -0.2) is 23.0 Å². The van der Waals surface area contributed by atoms with Gasteiger partial charge in [-0.15, -0.1) is 0 Å². The molecule has 0 aliphatic carbocycles. The third-order valence-electron chi connectivity index (χ3n) is 3.45. The van der Waals surface area contributed by atoms with Crippen LogP contribution in [0.15, 0.2) is 57.0 Å². The average molecular weight is 466 g/mol. The highest BCUT2D eigenvalue weighted by Crippen LogP contribution is 2.27. The summed E-state index contributed by atoms with van der Waals surface area (Å²) in [7, 11) is 0. The Morgan fingerprint density at radius 1 is 1.04 bits per heavy atom. The Balaban J connectivity index is 2.03. The maximum atomic E-state index is 12.7. The summed E-state index contributed by atoms with van der Waals surface area (Å²) < 4.78 is 1.11. The zero-order chi connectivity index (χ0) is 18.1. The first-order chi connectivity index (χ1) is 11.9. The minimum atomic E-state index is -0.808. The van der Waals surface area contributed by atoms with Crippen LogP contribution >= 0.6 is 31.9 Å². The zero-order valence-electron chi connectivity index (χ0n) is 12.5. The van der Waals surface area contributed by atoms with E-state index in [1.54, 1.807) is 36.4 Å². The molecule has 1 heterocycles. The number of anilines is 1. The van der Waals surface area contributed by atoms with Crippen molar-refractivity contribution in [2.45, 2.75) is 0 Å². The molecule has 8 heteroatoms. The second kappa shape index (κ2) is 6.81. The Morgan fingerprint density at radius 2 is 1.80 bits per heavy atom. The van der Waals surface area contributed by atoms with E-state index in [1.807, 2.05) is 0 Å². The van der Waals surface area contributed by atoms with Gasteiger partial charge in [-0.25, -0.2) is 9.69 Å². The second-order valence-corrected chi connectivity index (χ2v) is 6.92. The Labute approximate surface area is 159 Å². The number of urea groups is 1. The number of amides is 4. The molecular weight excluding hydrogens is 456 g/mol. The quantitative estimate of drug-likeness (QED) is 0.524. The molecule has 0 unspecified atom stereocenters. The fourth-order valence-corrected chi connectivity index (χ4v) is 3.07. The molecule has 0 aromatic heterocycles. The minimum Gasteiger partial charge on any atom is -0.507 e. The van der Waals surface area contributed by atoms with Gasteiger partial charge in [-0.3, -0.25) is 14.9 Å². The standard InChI is InChI=1S/C17H10Br2N2O4/c18-10-2-1-3-11(8-10)21-16(24)12(15(23)20-17(21)25)6-9-4-5-14(22)13(19)7-9/h1-8,22H,(H,20,23,25). The molecule has 3 rings (SSSR count). The Morgan fingerprint density at radius 3 is 2.48 bits per heavy atom. The Hall–Kier alpha value is -2.45. The minimum absolute atomic E-state index is 0.0347. The van der Waals surface area contributed by atoms with Crippen LogP contribution in [0.4, 0.5) is 10.5 Å². The molecule has 1 aliphatic heterocycles. The number of barbiturate groups is 1. The normalized spacial score (nSPS) is 16.3. The van der Waals surface area contributed by atoms with Gasteiger partial charge in [0.1, 0.15) is 11.3 Å². The van der Waals surface area contributed by atoms with Crippen molar-refractivity contribution in [1.29, 1.82) is 0 Å². The summed E-state index contributed by atoms with van der Waals surface area (Å²) >= 11 is 6.46. The summed E-state index contributed by atoms with van der Waals surface area (Å²) in [5.41, 5.74) is 0.672. The van der Waals surface area contributed by atoms with Gasteiger partial charge in [-0.2, -0.15) is 0 Å². The van der Waals surface area contributed by atoms with Crippen molar-refractivity contribution in [3.8, 4) is 5.75 Å². The van der Waals surface area contributed by atoms with E-state index in [1.165, 1.54) is 12.1 Å². The number of benzene rings is 2. The molecule has 0 radical (unpaired) electrons. The summed E-state index contributed by atoms with van der Waals surface area (Å²) in [6, 6.07) is 10.4. The van der Waals surface area contributed by atoms with E-state index < -0.39 is 17.8 Å². The summed E-state index contributed by atoms with van der Waals surface area (Å²) in [4.78, 5) is 37.8. The summed E-state index contributed by atoms with van der Waals surface area (Å²) in [6.45, 7) is 0. The fraction of sp³-hybridized carbons (Fsp3) is 0.